The summed E-state index contributed by atoms with van der Waals surface area (Å²) in [4.78, 5) is 4.92. The van der Waals surface area contributed by atoms with Crippen molar-refractivity contribution in [3.8, 4) is 0 Å². The van der Waals surface area contributed by atoms with Gasteiger partial charge >= 0.3 is 0 Å². The van der Waals surface area contributed by atoms with Crippen molar-refractivity contribution in [2.75, 3.05) is 13.1 Å². The lowest BCUT2D eigenvalue weighted by atomic mass is 9.99. The molecule has 1 atom stereocenters. The quantitative estimate of drug-likeness (QED) is 0.834. The Bertz CT molecular complexity index is 577. The van der Waals surface area contributed by atoms with E-state index in [-0.39, 0.29) is 0 Å². The molecule has 3 rings (SSSR count). The van der Waals surface area contributed by atoms with Crippen LogP contribution in [0.4, 0.5) is 0 Å². The number of nitrogens with one attached hydrogen (secondary N) is 1. The van der Waals surface area contributed by atoms with Gasteiger partial charge in [0.1, 0.15) is 5.82 Å². The summed E-state index contributed by atoms with van der Waals surface area (Å²) in [7, 11) is 2.15. The van der Waals surface area contributed by atoms with E-state index in [0.717, 1.165) is 13.1 Å². The van der Waals surface area contributed by atoms with Crippen LogP contribution in [0.3, 0.4) is 0 Å². The summed E-state index contributed by atoms with van der Waals surface area (Å²) in [5.74, 6) is 1.81. The van der Waals surface area contributed by atoms with Crippen LogP contribution in [-0.2, 0) is 7.05 Å². The molecule has 1 N–H and O–H groups in total. The number of hydrogen-bond acceptors (Lipinski definition) is 2. The van der Waals surface area contributed by atoms with Gasteiger partial charge in [0, 0.05) is 19.5 Å². The third-order valence-corrected chi connectivity index (χ3v) is 4.27. The molecule has 0 spiro atoms. The summed E-state index contributed by atoms with van der Waals surface area (Å²) in [5, 5.41) is 3.48. The summed E-state index contributed by atoms with van der Waals surface area (Å²) < 4.78 is 2.28. The minimum atomic E-state index is 0.566. The summed E-state index contributed by atoms with van der Waals surface area (Å²) >= 11 is 0. The van der Waals surface area contributed by atoms with E-state index >= 15 is 0 Å². The SMILES string of the molecule is Cc1ccc2c(nc(C3CCCNC3)n2C)c1C. The molecule has 18 heavy (non-hydrogen) atoms. The maximum absolute atomic E-state index is 4.92. The lowest BCUT2D eigenvalue weighted by Gasteiger charge is -2.22. The smallest absolute Gasteiger partial charge is 0.114 e. The third kappa shape index (κ3) is 1.74. The van der Waals surface area contributed by atoms with Gasteiger partial charge in [0.05, 0.1) is 11.0 Å². The monoisotopic (exact) mass is 243 g/mol. The van der Waals surface area contributed by atoms with Crippen LogP contribution in [0.15, 0.2) is 12.1 Å². The van der Waals surface area contributed by atoms with Crippen molar-refractivity contribution in [3.05, 3.63) is 29.1 Å². The van der Waals surface area contributed by atoms with Crippen LogP contribution in [0.2, 0.25) is 0 Å². The van der Waals surface area contributed by atoms with Crippen LogP contribution < -0.4 is 5.32 Å². The topological polar surface area (TPSA) is 29.9 Å². The standard InChI is InChI=1S/C15H21N3/c1-10-6-7-13-14(11(10)2)17-15(18(13)3)12-5-4-8-16-9-12/h6-7,12,16H,4-5,8-9H2,1-3H3. The molecule has 1 unspecified atom stereocenters. The number of imidazole rings is 1. The first-order chi connectivity index (χ1) is 8.68. The van der Waals surface area contributed by atoms with Crippen molar-refractivity contribution in [1.82, 2.24) is 14.9 Å². The Hall–Kier alpha value is -1.35. The summed E-state index contributed by atoms with van der Waals surface area (Å²) in [6.45, 7) is 6.55. The van der Waals surface area contributed by atoms with Crippen molar-refractivity contribution in [3.63, 3.8) is 0 Å². The third-order valence-electron chi connectivity index (χ3n) is 4.27. The van der Waals surface area contributed by atoms with Crippen molar-refractivity contribution in [2.24, 2.45) is 7.05 Å². The summed E-state index contributed by atoms with van der Waals surface area (Å²) in [6, 6.07) is 4.40. The number of fused-ring (bicyclic) bond motifs is 1. The summed E-state index contributed by atoms with van der Waals surface area (Å²) in [6.07, 6.45) is 2.51. The molecule has 3 heteroatoms. The predicted octanol–water partition coefficient (Wildman–Crippen LogP) is 2.66. The van der Waals surface area contributed by atoms with Crippen LogP contribution in [0.1, 0.15) is 35.7 Å². The van der Waals surface area contributed by atoms with E-state index in [0.29, 0.717) is 5.92 Å². The average molecular weight is 243 g/mol. The first-order valence-corrected chi connectivity index (χ1v) is 6.81. The fourth-order valence-electron chi connectivity index (χ4n) is 2.95. The van der Waals surface area contributed by atoms with Gasteiger partial charge in [-0.2, -0.15) is 0 Å². The average Bonchev–Trinajstić information content (AvgIpc) is 2.73. The number of piperidine rings is 1. The highest BCUT2D eigenvalue weighted by Gasteiger charge is 2.21. The number of nitrogens with zero attached hydrogens (tertiary/aromatic N) is 2. The molecule has 0 radical (unpaired) electrons. The first-order valence-electron chi connectivity index (χ1n) is 6.81. The maximum Gasteiger partial charge on any atom is 0.114 e. The Kier molecular flexibility index (Phi) is 2.86. The Morgan fingerprint density at radius 2 is 2.17 bits per heavy atom. The van der Waals surface area contributed by atoms with Crippen molar-refractivity contribution in [2.45, 2.75) is 32.6 Å². The molecule has 96 valence electrons. The molecule has 1 aromatic heterocycles. The molecule has 1 aromatic carbocycles. The Labute approximate surface area is 108 Å². The zero-order chi connectivity index (χ0) is 12.7. The molecule has 3 nitrogen and oxygen atoms in total. The van der Waals surface area contributed by atoms with E-state index < -0.39 is 0 Å². The highest BCUT2D eigenvalue weighted by molar-refractivity contribution is 5.80. The van der Waals surface area contributed by atoms with Gasteiger partial charge < -0.3 is 9.88 Å². The van der Waals surface area contributed by atoms with Gasteiger partial charge in [-0.05, 0) is 50.4 Å². The van der Waals surface area contributed by atoms with Gasteiger partial charge in [-0.3, -0.25) is 0 Å². The van der Waals surface area contributed by atoms with E-state index in [4.69, 9.17) is 4.98 Å². The van der Waals surface area contributed by atoms with Gasteiger partial charge in [-0.15, -0.1) is 0 Å². The molecule has 0 saturated carbocycles. The highest BCUT2D eigenvalue weighted by Crippen LogP contribution is 2.28. The minimum Gasteiger partial charge on any atom is -0.331 e. The van der Waals surface area contributed by atoms with Gasteiger partial charge in [0.2, 0.25) is 0 Å². The second kappa shape index (κ2) is 4.39. The van der Waals surface area contributed by atoms with Crippen LogP contribution in [0.25, 0.3) is 11.0 Å². The Balaban J connectivity index is 2.13. The van der Waals surface area contributed by atoms with Crippen LogP contribution in [0, 0.1) is 13.8 Å². The molecule has 1 saturated heterocycles. The zero-order valence-electron chi connectivity index (χ0n) is 11.5. The van der Waals surface area contributed by atoms with E-state index in [1.165, 1.54) is 40.8 Å². The summed E-state index contributed by atoms with van der Waals surface area (Å²) in [5.41, 5.74) is 5.09. The zero-order valence-corrected chi connectivity index (χ0v) is 11.5. The number of hydrogen-bond donors (Lipinski definition) is 1. The molecule has 0 bridgehead atoms. The molecule has 2 aromatic rings. The molecule has 1 aliphatic heterocycles. The van der Waals surface area contributed by atoms with Gasteiger partial charge in [0.25, 0.3) is 0 Å². The molecule has 1 fully saturated rings. The highest BCUT2D eigenvalue weighted by atomic mass is 15.1. The van der Waals surface area contributed by atoms with E-state index in [1.807, 2.05) is 0 Å². The first kappa shape index (κ1) is 11.7. The van der Waals surface area contributed by atoms with Crippen LogP contribution in [0.5, 0.6) is 0 Å². The maximum atomic E-state index is 4.92. The number of rotatable bonds is 1. The molecular weight excluding hydrogens is 222 g/mol. The minimum absolute atomic E-state index is 0.566. The second-order valence-electron chi connectivity index (χ2n) is 5.45. The largest absolute Gasteiger partial charge is 0.331 e. The number of aromatic nitrogens is 2. The predicted molar refractivity (Wildman–Crippen MR) is 75.0 cm³/mol. The van der Waals surface area contributed by atoms with E-state index in [2.05, 4.69) is 42.9 Å². The van der Waals surface area contributed by atoms with Gasteiger partial charge in [-0.25, -0.2) is 4.98 Å². The van der Waals surface area contributed by atoms with Crippen molar-refractivity contribution >= 4 is 11.0 Å². The van der Waals surface area contributed by atoms with E-state index in [9.17, 15) is 0 Å². The van der Waals surface area contributed by atoms with Gasteiger partial charge in [0.15, 0.2) is 0 Å². The molecule has 0 aliphatic carbocycles. The Morgan fingerprint density at radius 1 is 1.33 bits per heavy atom. The molecular formula is C15H21N3. The number of aryl methyl sites for hydroxylation is 3. The van der Waals surface area contributed by atoms with Crippen LogP contribution in [-0.4, -0.2) is 22.6 Å². The van der Waals surface area contributed by atoms with Crippen molar-refractivity contribution < 1.29 is 0 Å². The second-order valence-corrected chi connectivity index (χ2v) is 5.45. The molecule has 2 heterocycles. The van der Waals surface area contributed by atoms with Gasteiger partial charge in [-0.1, -0.05) is 6.07 Å². The number of benzene rings is 1. The van der Waals surface area contributed by atoms with Crippen molar-refractivity contribution in [1.29, 1.82) is 0 Å². The molecule has 1 aliphatic rings. The van der Waals surface area contributed by atoms with E-state index in [1.54, 1.807) is 0 Å². The lowest BCUT2D eigenvalue weighted by molar-refractivity contribution is 0.440. The fraction of sp³-hybridized carbons (Fsp3) is 0.533. The molecule has 0 amide bonds. The Morgan fingerprint density at radius 3 is 2.89 bits per heavy atom. The van der Waals surface area contributed by atoms with Crippen LogP contribution >= 0.6 is 0 Å². The lowest BCUT2D eigenvalue weighted by Crippen LogP contribution is -2.29. The normalized spacial score (nSPS) is 20.5. The fourth-order valence-corrected chi connectivity index (χ4v) is 2.95.